The minimum absolute atomic E-state index is 0.0682. The topological polar surface area (TPSA) is 44.8 Å². The van der Waals surface area contributed by atoms with E-state index in [0.29, 0.717) is 6.42 Å². The first-order valence-corrected chi connectivity index (χ1v) is 10.8. The second kappa shape index (κ2) is 7.78. The van der Waals surface area contributed by atoms with Crippen LogP contribution in [0.3, 0.4) is 0 Å². The number of hydrogen-bond acceptors (Lipinski definition) is 4. The van der Waals surface area contributed by atoms with Gasteiger partial charge in [0.05, 0.1) is 6.10 Å². The highest BCUT2D eigenvalue weighted by atomic mass is 28.3. The molecule has 1 rings (SSSR count). The molecule has 0 aromatic heterocycles. The summed E-state index contributed by atoms with van der Waals surface area (Å²) in [5.74, 6) is 2.86. The summed E-state index contributed by atoms with van der Waals surface area (Å²) < 4.78 is 16.8. The molecule has 0 amide bonds. The number of hydrogen-bond donors (Lipinski definition) is 0. The number of carbonyl (C=O) groups is 1. The molecule has 0 saturated carbocycles. The predicted octanol–water partition coefficient (Wildman–Crippen LogP) is 2.90. The summed E-state index contributed by atoms with van der Waals surface area (Å²) in [6.45, 7) is 11.9. The molecule has 1 aliphatic heterocycles. The lowest BCUT2D eigenvalue weighted by Gasteiger charge is -2.31. The van der Waals surface area contributed by atoms with Crippen molar-refractivity contribution in [3.8, 4) is 11.5 Å². The normalized spacial score (nSPS) is 25.4. The van der Waals surface area contributed by atoms with Gasteiger partial charge in [-0.15, -0.1) is 11.5 Å². The number of esters is 1. The van der Waals surface area contributed by atoms with Crippen LogP contribution in [0, 0.1) is 11.5 Å². The van der Waals surface area contributed by atoms with E-state index in [4.69, 9.17) is 14.2 Å². The third kappa shape index (κ3) is 7.46. The smallest absolute Gasteiger partial charge is 0.303 e. The monoisotopic (exact) mass is 310 g/mol. The van der Waals surface area contributed by atoms with Crippen molar-refractivity contribution < 1.29 is 19.0 Å². The van der Waals surface area contributed by atoms with Crippen LogP contribution < -0.4 is 0 Å². The first-order valence-electron chi connectivity index (χ1n) is 7.34. The molecule has 0 aromatic carbocycles. The quantitative estimate of drug-likeness (QED) is 0.347. The molecule has 0 N–H and O–H groups in total. The lowest BCUT2D eigenvalue weighted by Crippen LogP contribution is -2.39. The fourth-order valence-electron chi connectivity index (χ4n) is 1.85. The Morgan fingerprint density at radius 2 is 2.00 bits per heavy atom. The maximum absolute atomic E-state index is 11.2. The van der Waals surface area contributed by atoms with Crippen molar-refractivity contribution in [3.05, 3.63) is 12.2 Å². The van der Waals surface area contributed by atoms with E-state index in [0.717, 1.165) is 0 Å². The zero-order chi connectivity index (χ0) is 16.0. The van der Waals surface area contributed by atoms with Gasteiger partial charge in [-0.05, 0) is 26.0 Å². The van der Waals surface area contributed by atoms with Crippen LogP contribution in [0.4, 0.5) is 0 Å². The molecule has 0 spiro atoms. The molecule has 5 heteroatoms. The van der Waals surface area contributed by atoms with E-state index >= 15 is 0 Å². The molecule has 0 bridgehead atoms. The molecule has 0 radical (unpaired) electrons. The molecule has 1 heterocycles. The van der Waals surface area contributed by atoms with Crippen molar-refractivity contribution >= 4 is 14.0 Å². The molecule has 3 atom stereocenters. The van der Waals surface area contributed by atoms with Crippen LogP contribution in [0.2, 0.25) is 19.6 Å². The number of ether oxygens (including phenoxy) is 3. The van der Waals surface area contributed by atoms with E-state index in [1.807, 2.05) is 19.9 Å². The average molecular weight is 310 g/mol. The van der Waals surface area contributed by atoms with Crippen molar-refractivity contribution in [3.63, 3.8) is 0 Å². The lowest BCUT2D eigenvalue weighted by atomic mass is 10.1. The second-order valence-electron chi connectivity index (χ2n) is 6.44. The van der Waals surface area contributed by atoms with Crippen molar-refractivity contribution in [2.45, 2.75) is 71.4 Å². The first kappa shape index (κ1) is 18.0. The van der Waals surface area contributed by atoms with E-state index in [1.165, 1.54) is 6.92 Å². The minimum atomic E-state index is -1.41. The molecule has 0 saturated heterocycles. The van der Waals surface area contributed by atoms with Crippen molar-refractivity contribution in [2.75, 3.05) is 0 Å². The third-order valence-electron chi connectivity index (χ3n) is 2.61. The molecule has 0 aromatic rings. The van der Waals surface area contributed by atoms with Crippen LogP contribution in [0.5, 0.6) is 0 Å². The molecule has 1 aliphatic rings. The Morgan fingerprint density at radius 3 is 2.52 bits per heavy atom. The van der Waals surface area contributed by atoms with E-state index < -0.39 is 20.5 Å². The fourth-order valence-corrected chi connectivity index (χ4v) is 2.49. The summed E-state index contributed by atoms with van der Waals surface area (Å²) in [7, 11) is -1.41. The zero-order valence-electron chi connectivity index (χ0n) is 13.8. The van der Waals surface area contributed by atoms with Crippen molar-refractivity contribution in [2.24, 2.45) is 0 Å². The highest BCUT2D eigenvalue weighted by Crippen LogP contribution is 2.20. The van der Waals surface area contributed by atoms with Gasteiger partial charge in [0.1, 0.15) is 20.3 Å². The Balaban J connectivity index is 2.75. The highest BCUT2D eigenvalue weighted by molar-refractivity contribution is 6.83. The number of carbonyl (C=O) groups excluding carboxylic acids is 1. The van der Waals surface area contributed by atoms with Gasteiger partial charge in [0.25, 0.3) is 0 Å². The summed E-state index contributed by atoms with van der Waals surface area (Å²) in [6, 6.07) is 0. The van der Waals surface area contributed by atoms with Crippen LogP contribution in [-0.4, -0.2) is 38.6 Å². The van der Waals surface area contributed by atoms with Gasteiger partial charge in [-0.2, -0.15) is 0 Å². The maximum Gasteiger partial charge on any atom is 0.303 e. The SMILES string of the molecule is CC(=O)O[C@H]1C=C[C@@H](OC(C)C)O[C@@H]1CC#C[Si](C)(C)C. The van der Waals surface area contributed by atoms with Crippen molar-refractivity contribution in [1.82, 2.24) is 0 Å². The Hall–Kier alpha value is -1.09. The summed E-state index contributed by atoms with van der Waals surface area (Å²) in [6.07, 6.45) is 3.13. The van der Waals surface area contributed by atoms with Crippen LogP contribution in [0.1, 0.15) is 27.2 Å². The molecule has 118 valence electrons. The van der Waals surface area contributed by atoms with Crippen LogP contribution in [0.15, 0.2) is 12.2 Å². The third-order valence-corrected chi connectivity index (χ3v) is 3.54. The maximum atomic E-state index is 11.2. The predicted molar refractivity (Wildman–Crippen MR) is 85.3 cm³/mol. The summed E-state index contributed by atoms with van der Waals surface area (Å²) in [5, 5.41) is 0. The van der Waals surface area contributed by atoms with Gasteiger partial charge < -0.3 is 14.2 Å². The number of rotatable bonds is 4. The molecule has 0 unspecified atom stereocenters. The van der Waals surface area contributed by atoms with Crippen LogP contribution in [0.25, 0.3) is 0 Å². The van der Waals surface area contributed by atoms with E-state index in [9.17, 15) is 4.79 Å². The lowest BCUT2D eigenvalue weighted by molar-refractivity contribution is -0.193. The molecular formula is C16H26O4Si. The minimum Gasteiger partial charge on any atom is -0.455 e. The molecular weight excluding hydrogens is 284 g/mol. The molecule has 21 heavy (non-hydrogen) atoms. The average Bonchev–Trinajstić information content (AvgIpc) is 2.29. The van der Waals surface area contributed by atoms with Gasteiger partial charge in [0.15, 0.2) is 6.29 Å². The van der Waals surface area contributed by atoms with E-state index in [2.05, 4.69) is 31.1 Å². The molecule has 0 fully saturated rings. The van der Waals surface area contributed by atoms with Crippen LogP contribution >= 0.6 is 0 Å². The molecule has 0 aliphatic carbocycles. The van der Waals surface area contributed by atoms with Gasteiger partial charge in [0, 0.05) is 13.3 Å². The van der Waals surface area contributed by atoms with Gasteiger partial charge in [0.2, 0.25) is 0 Å². The van der Waals surface area contributed by atoms with E-state index in [-0.39, 0.29) is 18.2 Å². The Kier molecular flexibility index (Phi) is 6.66. The van der Waals surface area contributed by atoms with Gasteiger partial charge in [-0.25, -0.2) is 0 Å². The first-order chi connectivity index (χ1) is 9.67. The highest BCUT2D eigenvalue weighted by Gasteiger charge is 2.29. The van der Waals surface area contributed by atoms with Gasteiger partial charge in [-0.3, -0.25) is 4.79 Å². The van der Waals surface area contributed by atoms with Crippen molar-refractivity contribution in [1.29, 1.82) is 0 Å². The standard InChI is InChI=1S/C16H26O4Si/c1-12(2)18-16-10-9-15(19-13(3)17)14(20-16)8-7-11-21(4,5)6/h9-10,12,14-16H,8H2,1-6H3/t14-,15+,16+/m1/s1. The second-order valence-corrected chi connectivity index (χ2v) is 11.2. The van der Waals surface area contributed by atoms with Gasteiger partial charge >= 0.3 is 5.97 Å². The Bertz CT molecular complexity index is 439. The summed E-state index contributed by atoms with van der Waals surface area (Å²) in [5.41, 5.74) is 3.30. The zero-order valence-corrected chi connectivity index (χ0v) is 14.8. The van der Waals surface area contributed by atoms with Crippen LogP contribution in [-0.2, 0) is 19.0 Å². The Labute approximate surface area is 128 Å². The fraction of sp³-hybridized carbons (Fsp3) is 0.688. The molecule has 4 nitrogen and oxygen atoms in total. The van der Waals surface area contributed by atoms with Gasteiger partial charge in [-0.1, -0.05) is 19.6 Å². The summed E-state index contributed by atoms with van der Waals surface area (Å²) in [4.78, 5) is 11.2. The Morgan fingerprint density at radius 1 is 1.33 bits per heavy atom. The van der Waals surface area contributed by atoms with E-state index in [1.54, 1.807) is 6.08 Å². The largest absolute Gasteiger partial charge is 0.455 e. The summed E-state index contributed by atoms with van der Waals surface area (Å²) >= 11 is 0.